The third kappa shape index (κ3) is 6.38. The van der Waals surface area contributed by atoms with Crippen molar-refractivity contribution in [2.75, 3.05) is 11.9 Å². The van der Waals surface area contributed by atoms with Gasteiger partial charge >= 0.3 is 5.97 Å². The maximum atomic E-state index is 12.8. The minimum Gasteiger partial charge on any atom is -0.451 e. The zero-order valence-electron chi connectivity index (χ0n) is 19.0. The van der Waals surface area contributed by atoms with Crippen LogP contribution in [0.3, 0.4) is 0 Å². The molecule has 0 spiro atoms. The number of aromatic nitrogens is 2. The summed E-state index contributed by atoms with van der Waals surface area (Å²) in [6.07, 6.45) is 0.672. The van der Waals surface area contributed by atoms with Gasteiger partial charge in [-0.1, -0.05) is 49.4 Å². The Labute approximate surface area is 196 Å². The second-order valence-electron chi connectivity index (χ2n) is 7.56. The summed E-state index contributed by atoms with van der Waals surface area (Å²) in [6.45, 7) is 3.53. The van der Waals surface area contributed by atoms with Crippen molar-refractivity contribution in [3.8, 4) is 0 Å². The molecule has 3 aromatic rings. The SMILES string of the molecule is CCCn1nc(C(=O)OCC(=O)Nc2ccccc2C(=O)NC(C)c2ccccc2)ccc1=O. The summed E-state index contributed by atoms with van der Waals surface area (Å²) >= 11 is 0. The van der Waals surface area contributed by atoms with Gasteiger partial charge in [-0.3, -0.25) is 14.4 Å². The van der Waals surface area contributed by atoms with Gasteiger partial charge < -0.3 is 15.4 Å². The number of ether oxygens (including phenoxy) is 1. The summed E-state index contributed by atoms with van der Waals surface area (Å²) in [7, 11) is 0. The summed E-state index contributed by atoms with van der Waals surface area (Å²) in [5.41, 5.74) is 1.11. The molecule has 0 aliphatic rings. The number of esters is 1. The zero-order chi connectivity index (χ0) is 24.5. The van der Waals surface area contributed by atoms with Crippen LogP contribution in [0.25, 0.3) is 0 Å². The van der Waals surface area contributed by atoms with Gasteiger partial charge in [0.15, 0.2) is 12.3 Å². The highest BCUT2D eigenvalue weighted by atomic mass is 16.5. The van der Waals surface area contributed by atoms with E-state index < -0.39 is 18.5 Å². The van der Waals surface area contributed by atoms with Crippen LogP contribution in [-0.2, 0) is 16.1 Å². The lowest BCUT2D eigenvalue weighted by Crippen LogP contribution is -2.29. The first-order valence-electron chi connectivity index (χ1n) is 10.9. The summed E-state index contributed by atoms with van der Waals surface area (Å²) in [5, 5.41) is 9.46. The van der Waals surface area contributed by atoms with E-state index >= 15 is 0 Å². The average Bonchev–Trinajstić information content (AvgIpc) is 2.84. The fourth-order valence-corrected chi connectivity index (χ4v) is 3.21. The maximum Gasteiger partial charge on any atom is 0.359 e. The van der Waals surface area contributed by atoms with Gasteiger partial charge in [-0.2, -0.15) is 5.10 Å². The molecule has 1 aromatic heterocycles. The van der Waals surface area contributed by atoms with E-state index in [0.29, 0.717) is 13.0 Å². The van der Waals surface area contributed by atoms with Gasteiger partial charge in [-0.25, -0.2) is 9.48 Å². The van der Waals surface area contributed by atoms with Crippen molar-refractivity contribution in [1.29, 1.82) is 0 Å². The van der Waals surface area contributed by atoms with E-state index in [1.165, 1.54) is 16.8 Å². The van der Waals surface area contributed by atoms with E-state index in [-0.39, 0.29) is 34.5 Å². The number of nitrogens with zero attached hydrogens (tertiary/aromatic N) is 2. The number of carbonyl (C=O) groups is 3. The maximum absolute atomic E-state index is 12.8. The molecule has 1 heterocycles. The predicted molar refractivity (Wildman–Crippen MR) is 126 cm³/mol. The lowest BCUT2D eigenvalue weighted by Gasteiger charge is -2.16. The molecule has 176 valence electrons. The molecule has 0 fully saturated rings. The number of amides is 2. The Morgan fingerprint density at radius 2 is 1.71 bits per heavy atom. The first-order valence-corrected chi connectivity index (χ1v) is 10.9. The lowest BCUT2D eigenvalue weighted by molar-refractivity contribution is -0.119. The Morgan fingerprint density at radius 3 is 2.44 bits per heavy atom. The number of benzene rings is 2. The van der Waals surface area contributed by atoms with Crippen molar-refractivity contribution < 1.29 is 19.1 Å². The third-order valence-corrected chi connectivity index (χ3v) is 4.94. The molecule has 0 saturated carbocycles. The van der Waals surface area contributed by atoms with Crippen LogP contribution in [0.4, 0.5) is 5.69 Å². The predicted octanol–water partition coefficient (Wildman–Crippen LogP) is 2.94. The molecule has 2 aromatic carbocycles. The number of aryl methyl sites for hydroxylation is 1. The highest BCUT2D eigenvalue weighted by molar-refractivity contribution is 6.04. The highest BCUT2D eigenvalue weighted by Crippen LogP contribution is 2.18. The van der Waals surface area contributed by atoms with Crippen molar-refractivity contribution in [2.45, 2.75) is 32.9 Å². The smallest absolute Gasteiger partial charge is 0.359 e. The monoisotopic (exact) mass is 462 g/mol. The number of hydrogen-bond acceptors (Lipinski definition) is 6. The second-order valence-corrected chi connectivity index (χ2v) is 7.56. The molecule has 3 rings (SSSR count). The Kier molecular flexibility index (Phi) is 8.28. The fourth-order valence-electron chi connectivity index (χ4n) is 3.21. The standard InChI is InChI=1S/C25H26N4O5/c1-3-15-29-23(31)14-13-21(28-29)25(33)34-16-22(30)27-20-12-8-7-11-19(20)24(32)26-17(2)18-9-5-4-6-10-18/h4-14,17H,3,15-16H2,1-2H3,(H,26,32)(H,27,30). The van der Waals surface area contributed by atoms with Gasteiger partial charge in [0.05, 0.1) is 17.3 Å². The minimum atomic E-state index is -0.831. The summed E-state index contributed by atoms with van der Waals surface area (Å²) < 4.78 is 6.20. The number of para-hydroxylation sites is 1. The van der Waals surface area contributed by atoms with Gasteiger partial charge in [0.1, 0.15) is 0 Å². The molecule has 0 saturated heterocycles. The van der Waals surface area contributed by atoms with Crippen LogP contribution in [0.1, 0.15) is 52.7 Å². The van der Waals surface area contributed by atoms with Crippen molar-refractivity contribution in [2.24, 2.45) is 0 Å². The van der Waals surface area contributed by atoms with E-state index in [1.54, 1.807) is 24.3 Å². The molecule has 9 nitrogen and oxygen atoms in total. The zero-order valence-corrected chi connectivity index (χ0v) is 19.0. The van der Waals surface area contributed by atoms with Crippen molar-refractivity contribution in [1.82, 2.24) is 15.1 Å². The Hall–Kier alpha value is -4.27. The summed E-state index contributed by atoms with van der Waals surface area (Å²) in [6, 6.07) is 18.3. The summed E-state index contributed by atoms with van der Waals surface area (Å²) in [5.74, 6) is -1.80. The number of anilines is 1. The molecule has 0 aliphatic carbocycles. The minimum absolute atomic E-state index is 0.0736. The van der Waals surface area contributed by atoms with E-state index in [0.717, 1.165) is 5.56 Å². The van der Waals surface area contributed by atoms with Crippen LogP contribution in [0.15, 0.2) is 71.5 Å². The van der Waals surface area contributed by atoms with Crippen LogP contribution < -0.4 is 16.2 Å². The molecule has 1 unspecified atom stereocenters. The van der Waals surface area contributed by atoms with Gasteiger partial charge in [0.2, 0.25) is 0 Å². The molecule has 0 bridgehead atoms. The van der Waals surface area contributed by atoms with Crippen LogP contribution in [0, 0.1) is 0 Å². The van der Waals surface area contributed by atoms with Crippen molar-refractivity contribution >= 4 is 23.5 Å². The van der Waals surface area contributed by atoms with Crippen LogP contribution in [0.2, 0.25) is 0 Å². The molecular weight excluding hydrogens is 436 g/mol. The first kappa shape index (κ1) is 24.4. The van der Waals surface area contributed by atoms with E-state index in [1.807, 2.05) is 44.2 Å². The number of nitrogens with one attached hydrogen (secondary N) is 2. The Bertz CT molecular complexity index is 1220. The van der Waals surface area contributed by atoms with E-state index in [4.69, 9.17) is 4.74 Å². The average molecular weight is 463 g/mol. The normalized spacial score (nSPS) is 11.4. The molecule has 0 aliphatic heterocycles. The quantitative estimate of drug-likeness (QED) is 0.472. The van der Waals surface area contributed by atoms with Crippen LogP contribution in [0.5, 0.6) is 0 Å². The summed E-state index contributed by atoms with van der Waals surface area (Å²) in [4.78, 5) is 49.2. The van der Waals surface area contributed by atoms with Gasteiger partial charge in [0.25, 0.3) is 17.4 Å². The number of carbonyl (C=O) groups excluding carboxylic acids is 3. The van der Waals surface area contributed by atoms with Crippen molar-refractivity contribution in [3.05, 3.63) is 93.9 Å². The Morgan fingerprint density at radius 1 is 1.00 bits per heavy atom. The molecular formula is C25H26N4O5. The van der Waals surface area contributed by atoms with E-state index in [2.05, 4.69) is 15.7 Å². The molecule has 2 N–H and O–H groups in total. The van der Waals surface area contributed by atoms with Gasteiger partial charge in [-0.05, 0) is 37.1 Å². The highest BCUT2D eigenvalue weighted by Gasteiger charge is 2.17. The molecule has 9 heteroatoms. The third-order valence-electron chi connectivity index (χ3n) is 4.94. The van der Waals surface area contributed by atoms with Crippen LogP contribution >= 0.6 is 0 Å². The van der Waals surface area contributed by atoms with E-state index in [9.17, 15) is 19.2 Å². The first-order chi connectivity index (χ1) is 16.4. The largest absolute Gasteiger partial charge is 0.451 e. The van der Waals surface area contributed by atoms with Gasteiger partial charge in [0, 0.05) is 12.6 Å². The van der Waals surface area contributed by atoms with Crippen molar-refractivity contribution in [3.63, 3.8) is 0 Å². The molecule has 1 atom stereocenters. The molecule has 2 amide bonds. The lowest BCUT2D eigenvalue weighted by atomic mass is 10.1. The number of rotatable bonds is 9. The van der Waals surface area contributed by atoms with Crippen LogP contribution in [-0.4, -0.2) is 34.2 Å². The second kappa shape index (κ2) is 11.6. The Balaban J connectivity index is 1.61. The van der Waals surface area contributed by atoms with Gasteiger partial charge in [-0.15, -0.1) is 0 Å². The fraction of sp³-hybridized carbons (Fsp3) is 0.240. The molecule has 34 heavy (non-hydrogen) atoms. The number of hydrogen-bond donors (Lipinski definition) is 2. The molecule has 0 radical (unpaired) electrons. The topological polar surface area (TPSA) is 119 Å².